The fourth-order valence-corrected chi connectivity index (χ4v) is 14.6. The van der Waals surface area contributed by atoms with E-state index in [2.05, 4.69) is 330 Å². The van der Waals surface area contributed by atoms with Gasteiger partial charge in [0.2, 0.25) is 11.5 Å². The van der Waals surface area contributed by atoms with E-state index in [-0.39, 0.29) is 0 Å². The van der Waals surface area contributed by atoms with Crippen molar-refractivity contribution in [3.8, 4) is 67.3 Å². The molecule has 8 nitrogen and oxygen atoms in total. The zero-order chi connectivity index (χ0) is 59.1. The van der Waals surface area contributed by atoms with E-state index in [1.165, 1.54) is 0 Å². The third kappa shape index (κ3) is 7.20. The second-order valence-electron chi connectivity index (χ2n) is 23.4. The molecule has 0 unspecified atom stereocenters. The summed E-state index contributed by atoms with van der Waals surface area (Å²) in [6.07, 6.45) is 0. The molecule has 19 aromatic rings. The molecule has 0 amide bonds. The topological polar surface area (TPSA) is 45.8 Å². The normalized spacial score (nSPS) is 12.0. The Labute approximate surface area is 515 Å². The van der Waals surface area contributed by atoms with Crippen molar-refractivity contribution < 1.29 is 0 Å². The van der Waals surface area contributed by atoms with Crippen LogP contribution in [-0.2, 0) is 0 Å². The second-order valence-corrected chi connectivity index (χ2v) is 23.4. The molecule has 0 spiro atoms. The number of aromatic nitrogens is 7. The lowest BCUT2D eigenvalue weighted by atomic mass is 10.0. The van der Waals surface area contributed by atoms with Gasteiger partial charge < -0.3 is 13.7 Å². The Hall–Kier alpha value is -12.4. The largest absolute Gasteiger partial charge is 0.317 e. The van der Waals surface area contributed by atoms with E-state index >= 15 is 0 Å². The predicted molar refractivity (Wildman–Crippen MR) is 372 cm³/mol. The first kappa shape index (κ1) is 49.8. The van der Waals surface area contributed by atoms with Crippen LogP contribution in [0.4, 0.5) is 5.69 Å². The van der Waals surface area contributed by atoms with E-state index < -0.39 is 0 Å². The monoisotopic (exact) mass is 1150 g/mol. The van der Waals surface area contributed by atoms with Crippen LogP contribution in [0.25, 0.3) is 171 Å². The number of benzene rings is 13. The number of hydrogen-bond donors (Lipinski definition) is 0. The summed E-state index contributed by atoms with van der Waals surface area (Å²) >= 11 is 0. The molecular weight excluding hydrogens is 1100 g/mol. The van der Waals surface area contributed by atoms with Gasteiger partial charge in [-0.3, -0.25) is 13.4 Å². The minimum atomic E-state index is 0.473. The molecule has 0 saturated carbocycles. The van der Waals surface area contributed by atoms with Gasteiger partial charge in [0.25, 0.3) is 0 Å². The van der Waals surface area contributed by atoms with Gasteiger partial charge in [0.15, 0.2) is 0 Å². The molecular formula is C82H50N8. The van der Waals surface area contributed by atoms with Crippen LogP contribution >= 0.6 is 0 Å². The van der Waals surface area contributed by atoms with Crippen molar-refractivity contribution in [3.05, 3.63) is 315 Å². The van der Waals surface area contributed by atoms with Crippen molar-refractivity contribution in [2.75, 3.05) is 0 Å². The average Bonchev–Trinajstić information content (AvgIpc) is 1.98. The molecule has 90 heavy (non-hydrogen) atoms. The second kappa shape index (κ2) is 19.3. The molecule has 0 aliphatic rings. The van der Waals surface area contributed by atoms with Crippen LogP contribution in [0.15, 0.2) is 303 Å². The Morgan fingerprint density at radius 1 is 0.267 bits per heavy atom. The summed E-state index contributed by atoms with van der Waals surface area (Å²) in [6, 6.07) is 109. The molecule has 19 rings (SSSR count). The maximum Gasteiger partial charge on any atom is 0.238 e. The molecule has 6 aromatic heterocycles. The Bertz CT molecular complexity index is 6100. The minimum absolute atomic E-state index is 0.473. The molecule has 0 radical (unpaired) electrons. The third-order valence-corrected chi connectivity index (χ3v) is 18.6. The van der Waals surface area contributed by atoms with Crippen LogP contribution in [0.1, 0.15) is 0 Å². The summed E-state index contributed by atoms with van der Waals surface area (Å²) in [7, 11) is 0. The van der Waals surface area contributed by atoms with E-state index in [1.54, 1.807) is 0 Å². The number of fused-ring (bicyclic) bond motifs is 16. The summed E-state index contributed by atoms with van der Waals surface area (Å²) < 4.78 is 14.3. The summed E-state index contributed by atoms with van der Waals surface area (Å²) in [5.74, 6) is 0.726. The van der Waals surface area contributed by atoms with Gasteiger partial charge in [0.1, 0.15) is 5.65 Å². The van der Waals surface area contributed by atoms with Crippen LogP contribution < -0.4 is 0 Å². The van der Waals surface area contributed by atoms with E-state index in [0.717, 1.165) is 166 Å². The maximum atomic E-state index is 10.2. The molecule has 6 heterocycles. The number of imidazole rings is 3. The molecule has 418 valence electrons. The Morgan fingerprint density at radius 2 is 0.656 bits per heavy atom. The highest BCUT2D eigenvalue weighted by Gasteiger charge is 2.32. The van der Waals surface area contributed by atoms with E-state index in [4.69, 9.17) is 9.83 Å². The summed E-state index contributed by atoms with van der Waals surface area (Å²) in [5, 5.41) is 5.50. The van der Waals surface area contributed by atoms with Gasteiger partial charge in [-0.2, -0.15) is 0 Å². The van der Waals surface area contributed by atoms with Gasteiger partial charge in [-0.1, -0.05) is 224 Å². The molecule has 0 aliphatic carbocycles. The zero-order valence-electron chi connectivity index (χ0n) is 48.4. The minimum Gasteiger partial charge on any atom is -0.317 e. The van der Waals surface area contributed by atoms with Crippen molar-refractivity contribution >= 4 is 105 Å². The fraction of sp³-hybridized carbons (Fsp3) is 0. The molecule has 0 saturated heterocycles. The highest BCUT2D eigenvalue weighted by Crippen LogP contribution is 2.50. The highest BCUT2D eigenvalue weighted by atomic mass is 15.2. The highest BCUT2D eigenvalue weighted by molar-refractivity contribution is 6.13. The van der Waals surface area contributed by atoms with Gasteiger partial charge in [0, 0.05) is 26.9 Å². The van der Waals surface area contributed by atoms with Gasteiger partial charge in [-0.05, 0) is 123 Å². The van der Waals surface area contributed by atoms with Crippen LogP contribution in [0.2, 0.25) is 0 Å². The smallest absolute Gasteiger partial charge is 0.238 e. The number of para-hydroxylation sites is 4. The van der Waals surface area contributed by atoms with Crippen molar-refractivity contribution in [2.24, 2.45) is 0 Å². The lowest BCUT2D eigenvalue weighted by Crippen LogP contribution is -2.11. The van der Waals surface area contributed by atoms with Crippen molar-refractivity contribution in [2.45, 2.75) is 0 Å². The molecule has 0 atom stereocenters. The Kier molecular flexibility index (Phi) is 10.7. The van der Waals surface area contributed by atoms with Crippen molar-refractivity contribution in [3.63, 3.8) is 0 Å². The van der Waals surface area contributed by atoms with Crippen LogP contribution in [0, 0.1) is 6.57 Å². The van der Waals surface area contributed by atoms with Gasteiger partial charge in [0.05, 0.1) is 90.0 Å². The predicted octanol–water partition coefficient (Wildman–Crippen LogP) is 21.2. The quantitative estimate of drug-likeness (QED) is 0.140. The Morgan fingerprint density at radius 3 is 1.16 bits per heavy atom. The molecule has 8 heteroatoms. The van der Waals surface area contributed by atoms with E-state index in [9.17, 15) is 6.57 Å². The molecule has 0 aliphatic heterocycles. The average molecular weight is 1150 g/mol. The van der Waals surface area contributed by atoms with E-state index in [0.29, 0.717) is 5.69 Å². The molecule has 0 bridgehead atoms. The van der Waals surface area contributed by atoms with Crippen LogP contribution in [-0.4, -0.2) is 32.1 Å². The molecule has 0 fully saturated rings. The van der Waals surface area contributed by atoms with Crippen LogP contribution in [0.3, 0.4) is 0 Å². The first-order valence-corrected chi connectivity index (χ1v) is 30.5. The molecule has 13 aromatic carbocycles. The lowest BCUT2D eigenvalue weighted by molar-refractivity contribution is 1.03. The van der Waals surface area contributed by atoms with Gasteiger partial charge in [-0.15, -0.1) is 0 Å². The first-order valence-electron chi connectivity index (χ1n) is 30.5. The first-order chi connectivity index (χ1) is 44.6. The Balaban J connectivity index is 1.04. The number of hydrogen-bond acceptors (Lipinski definition) is 1. The van der Waals surface area contributed by atoms with Crippen LogP contribution in [0.5, 0.6) is 0 Å². The number of nitrogens with zero attached hydrogens (tertiary/aromatic N) is 8. The third-order valence-electron chi connectivity index (χ3n) is 18.6. The van der Waals surface area contributed by atoms with Gasteiger partial charge in [-0.25, -0.2) is 9.83 Å². The van der Waals surface area contributed by atoms with Crippen molar-refractivity contribution in [1.82, 2.24) is 32.1 Å². The standard InChI is InChI=1S/C82H50N8/c1-83-79-80(87-68-36-20-16-32-63(68)64-33-17-21-37-69(64)87)77(88-70-44-41-59(55-28-12-5-13-29-55)49-75(70)89-73-47-57(53-24-8-3-9-25-53)40-43-65(73)84-82(88)89)51-76(85-66-34-18-14-30-61(66)62-31-15-19-35-67(62)85)81(79)90-71-45-42-58(54-26-10-4-11-27-54)48-74(71)86-72-46-56(52-22-6-2-7-23-52)38-39-60(72)50-78(86)90/h2-51H. The SMILES string of the molecule is [C-]#[N+]c1c(-n2c3ccccc3c3ccccc32)c(-n2c3ccc(-c4ccccc4)cc3n3c4cc(-c5ccccc5)ccc4nc23)cc(-n2c3ccccc3c3ccccc32)c1-n1c2ccc(-c3ccccc3)cc2n2c3cc(-c4ccccc4)ccc3cc12. The van der Waals surface area contributed by atoms with Crippen molar-refractivity contribution in [1.29, 1.82) is 0 Å². The van der Waals surface area contributed by atoms with Gasteiger partial charge >= 0.3 is 0 Å². The molecule has 0 N–H and O–H groups in total. The summed E-state index contributed by atoms with van der Waals surface area (Å²) in [5.41, 5.74) is 24.2. The zero-order valence-corrected chi connectivity index (χ0v) is 48.4. The lowest BCUT2D eigenvalue weighted by Gasteiger charge is -2.24. The fourth-order valence-electron chi connectivity index (χ4n) is 14.6. The number of rotatable bonds is 8. The summed E-state index contributed by atoms with van der Waals surface area (Å²) in [4.78, 5) is 10.8. The van der Waals surface area contributed by atoms with E-state index in [1.807, 2.05) is 0 Å². The summed E-state index contributed by atoms with van der Waals surface area (Å²) in [6.45, 7) is 10.2. The maximum absolute atomic E-state index is 10.2.